The van der Waals surface area contributed by atoms with Gasteiger partial charge in [-0.2, -0.15) is 0 Å². The first-order chi connectivity index (χ1) is 7.65. The Labute approximate surface area is 94.9 Å². The van der Waals surface area contributed by atoms with E-state index in [0.29, 0.717) is 0 Å². The third kappa shape index (κ3) is 4.00. The number of aliphatic hydroxyl groups excluding tert-OH is 2. The first kappa shape index (κ1) is 12.7. The molecule has 1 rings (SSSR count). The number of benzene rings is 1. The smallest absolute Gasteiger partial charge is 0.224 e. The number of amides is 1. The molecule has 1 aromatic carbocycles. The minimum Gasteiger partial charge on any atom is -0.394 e. The summed E-state index contributed by atoms with van der Waals surface area (Å²) < 4.78 is 0. The van der Waals surface area contributed by atoms with Gasteiger partial charge in [0.25, 0.3) is 0 Å². The molecule has 16 heavy (non-hydrogen) atoms. The number of nitrogens with one attached hydrogen (secondary N) is 1. The van der Waals surface area contributed by atoms with Crippen LogP contribution in [0, 0.1) is 6.92 Å². The SMILES string of the molecule is Cc1cccc(CC(=O)NC(CO)CO)c1. The van der Waals surface area contributed by atoms with Crippen LogP contribution in [0.3, 0.4) is 0 Å². The molecule has 0 aliphatic heterocycles. The van der Waals surface area contributed by atoms with E-state index in [1.807, 2.05) is 31.2 Å². The van der Waals surface area contributed by atoms with Crippen molar-refractivity contribution in [1.29, 1.82) is 0 Å². The predicted molar refractivity (Wildman–Crippen MR) is 61.0 cm³/mol. The van der Waals surface area contributed by atoms with Gasteiger partial charge in [0.05, 0.1) is 25.7 Å². The third-order valence-electron chi connectivity index (χ3n) is 2.25. The number of carbonyl (C=O) groups excluding carboxylic acids is 1. The number of rotatable bonds is 5. The minimum atomic E-state index is -0.572. The van der Waals surface area contributed by atoms with Crippen LogP contribution in [-0.2, 0) is 11.2 Å². The summed E-state index contributed by atoms with van der Waals surface area (Å²) in [6, 6.07) is 7.10. The van der Waals surface area contributed by atoms with E-state index in [4.69, 9.17) is 10.2 Å². The fraction of sp³-hybridized carbons (Fsp3) is 0.417. The second-order valence-corrected chi connectivity index (χ2v) is 3.80. The fourth-order valence-corrected chi connectivity index (χ4v) is 1.44. The van der Waals surface area contributed by atoms with Crippen LogP contribution in [-0.4, -0.2) is 35.4 Å². The Kier molecular flexibility index (Phi) is 4.95. The Balaban J connectivity index is 2.51. The monoisotopic (exact) mass is 223 g/mol. The Morgan fingerprint density at radius 1 is 1.38 bits per heavy atom. The van der Waals surface area contributed by atoms with Crippen molar-refractivity contribution in [3.63, 3.8) is 0 Å². The van der Waals surface area contributed by atoms with E-state index < -0.39 is 6.04 Å². The zero-order chi connectivity index (χ0) is 12.0. The van der Waals surface area contributed by atoms with Gasteiger partial charge in [-0.3, -0.25) is 4.79 Å². The van der Waals surface area contributed by atoms with Gasteiger partial charge in [-0.05, 0) is 12.5 Å². The van der Waals surface area contributed by atoms with Crippen LogP contribution in [0.4, 0.5) is 0 Å². The lowest BCUT2D eigenvalue weighted by Gasteiger charge is -2.13. The van der Waals surface area contributed by atoms with Crippen molar-refractivity contribution in [2.75, 3.05) is 13.2 Å². The molecule has 0 spiro atoms. The molecule has 1 aromatic rings. The molecule has 0 fully saturated rings. The number of aryl methyl sites for hydroxylation is 1. The number of carbonyl (C=O) groups is 1. The summed E-state index contributed by atoms with van der Waals surface area (Å²) >= 11 is 0. The predicted octanol–water partition coefficient (Wildman–Crippen LogP) is 0.00692. The lowest BCUT2D eigenvalue weighted by Crippen LogP contribution is -2.40. The van der Waals surface area contributed by atoms with E-state index in [2.05, 4.69) is 5.32 Å². The molecule has 0 radical (unpaired) electrons. The van der Waals surface area contributed by atoms with E-state index in [9.17, 15) is 4.79 Å². The normalized spacial score (nSPS) is 10.5. The largest absolute Gasteiger partial charge is 0.394 e. The first-order valence-corrected chi connectivity index (χ1v) is 5.22. The van der Waals surface area contributed by atoms with Crippen molar-refractivity contribution in [2.24, 2.45) is 0 Å². The van der Waals surface area contributed by atoms with Crippen molar-refractivity contribution in [3.8, 4) is 0 Å². The molecule has 0 aromatic heterocycles. The summed E-state index contributed by atoms with van der Waals surface area (Å²) in [6.07, 6.45) is 0.262. The van der Waals surface area contributed by atoms with Gasteiger partial charge in [-0.25, -0.2) is 0 Å². The van der Waals surface area contributed by atoms with Crippen molar-refractivity contribution in [1.82, 2.24) is 5.32 Å². The molecule has 88 valence electrons. The van der Waals surface area contributed by atoms with Gasteiger partial charge in [0.1, 0.15) is 0 Å². The highest BCUT2D eigenvalue weighted by Gasteiger charge is 2.10. The fourth-order valence-electron chi connectivity index (χ4n) is 1.44. The second kappa shape index (κ2) is 6.25. The summed E-state index contributed by atoms with van der Waals surface area (Å²) in [4.78, 5) is 11.5. The standard InChI is InChI=1S/C12H17NO3/c1-9-3-2-4-10(5-9)6-12(16)13-11(7-14)8-15/h2-5,11,14-15H,6-8H2,1H3,(H,13,16). The molecule has 0 unspecified atom stereocenters. The van der Waals surface area contributed by atoms with E-state index in [-0.39, 0.29) is 25.5 Å². The molecule has 4 heteroatoms. The average Bonchev–Trinajstić information content (AvgIpc) is 2.26. The van der Waals surface area contributed by atoms with Gasteiger partial charge in [-0.15, -0.1) is 0 Å². The minimum absolute atomic E-state index is 0.196. The maximum Gasteiger partial charge on any atom is 0.224 e. The zero-order valence-corrected chi connectivity index (χ0v) is 9.31. The Morgan fingerprint density at radius 3 is 2.62 bits per heavy atom. The first-order valence-electron chi connectivity index (χ1n) is 5.22. The van der Waals surface area contributed by atoms with Crippen LogP contribution in [0.25, 0.3) is 0 Å². The van der Waals surface area contributed by atoms with Crippen LogP contribution in [0.1, 0.15) is 11.1 Å². The van der Waals surface area contributed by atoms with E-state index in [1.54, 1.807) is 0 Å². The van der Waals surface area contributed by atoms with Crippen molar-refractivity contribution < 1.29 is 15.0 Å². The van der Waals surface area contributed by atoms with Gasteiger partial charge in [-0.1, -0.05) is 29.8 Å². The highest BCUT2D eigenvalue weighted by Crippen LogP contribution is 2.04. The Morgan fingerprint density at radius 2 is 2.06 bits per heavy atom. The maximum absolute atomic E-state index is 11.5. The topological polar surface area (TPSA) is 69.6 Å². The van der Waals surface area contributed by atoms with E-state index in [1.165, 1.54) is 0 Å². The average molecular weight is 223 g/mol. The molecule has 0 aliphatic rings. The zero-order valence-electron chi connectivity index (χ0n) is 9.31. The molecule has 0 heterocycles. The summed E-state index contributed by atoms with van der Waals surface area (Å²) in [5, 5.41) is 20.2. The molecule has 0 atom stereocenters. The Bertz CT molecular complexity index is 348. The van der Waals surface area contributed by atoms with Crippen LogP contribution in [0.15, 0.2) is 24.3 Å². The van der Waals surface area contributed by atoms with Crippen LogP contribution < -0.4 is 5.32 Å². The maximum atomic E-state index is 11.5. The van der Waals surface area contributed by atoms with Crippen molar-refractivity contribution in [2.45, 2.75) is 19.4 Å². The summed E-state index contributed by atoms with van der Waals surface area (Å²) in [5.41, 5.74) is 2.03. The second-order valence-electron chi connectivity index (χ2n) is 3.80. The van der Waals surface area contributed by atoms with Crippen LogP contribution >= 0.6 is 0 Å². The van der Waals surface area contributed by atoms with E-state index in [0.717, 1.165) is 11.1 Å². The van der Waals surface area contributed by atoms with Gasteiger partial charge in [0.15, 0.2) is 0 Å². The van der Waals surface area contributed by atoms with E-state index >= 15 is 0 Å². The molecule has 0 saturated heterocycles. The van der Waals surface area contributed by atoms with Gasteiger partial charge < -0.3 is 15.5 Å². The number of aliphatic hydroxyl groups is 2. The molecule has 3 N–H and O–H groups in total. The molecular formula is C12H17NO3. The highest BCUT2D eigenvalue weighted by atomic mass is 16.3. The Hall–Kier alpha value is -1.39. The summed E-state index contributed by atoms with van der Waals surface area (Å²) in [6.45, 7) is 1.46. The van der Waals surface area contributed by atoms with Gasteiger partial charge in [0.2, 0.25) is 5.91 Å². The lowest BCUT2D eigenvalue weighted by atomic mass is 10.1. The number of hydrogen-bond donors (Lipinski definition) is 3. The molecule has 0 saturated carbocycles. The molecule has 4 nitrogen and oxygen atoms in total. The quantitative estimate of drug-likeness (QED) is 0.658. The van der Waals surface area contributed by atoms with Gasteiger partial charge in [0, 0.05) is 0 Å². The third-order valence-corrected chi connectivity index (χ3v) is 2.25. The molecule has 1 amide bonds. The van der Waals surface area contributed by atoms with Gasteiger partial charge >= 0.3 is 0 Å². The molecule has 0 bridgehead atoms. The van der Waals surface area contributed by atoms with Crippen molar-refractivity contribution >= 4 is 5.91 Å². The summed E-state index contributed by atoms with van der Waals surface area (Å²) in [5.74, 6) is -0.196. The molecule has 0 aliphatic carbocycles. The van der Waals surface area contributed by atoms with Crippen molar-refractivity contribution in [3.05, 3.63) is 35.4 Å². The van der Waals surface area contributed by atoms with Crippen LogP contribution in [0.5, 0.6) is 0 Å². The van der Waals surface area contributed by atoms with Crippen LogP contribution in [0.2, 0.25) is 0 Å². The highest BCUT2D eigenvalue weighted by molar-refractivity contribution is 5.78. The lowest BCUT2D eigenvalue weighted by molar-refractivity contribution is -0.121. The number of hydrogen-bond acceptors (Lipinski definition) is 3. The summed E-state index contributed by atoms with van der Waals surface area (Å²) in [7, 11) is 0. The molecular weight excluding hydrogens is 206 g/mol.